The summed E-state index contributed by atoms with van der Waals surface area (Å²) < 4.78 is 14.7. The van der Waals surface area contributed by atoms with Crippen molar-refractivity contribution in [3.05, 3.63) is 46.2 Å². The van der Waals surface area contributed by atoms with Gasteiger partial charge in [0.15, 0.2) is 0 Å². The van der Waals surface area contributed by atoms with Crippen molar-refractivity contribution in [1.82, 2.24) is 5.32 Å². The first-order valence-corrected chi connectivity index (χ1v) is 6.67. The molecule has 1 aromatic rings. The molecule has 1 atom stereocenters. The lowest BCUT2D eigenvalue weighted by Crippen LogP contribution is -2.23. The monoisotopic (exact) mass is 299 g/mol. The molecule has 3 heteroatoms. The van der Waals surface area contributed by atoms with Crippen LogP contribution < -0.4 is 5.32 Å². The number of nitrogens with one attached hydrogen (secondary N) is 1. The second kappa shape index (κ2) is 6.92. The van der Waals surface area contributed by atoms with E-state index in [9.17, 15) is 4.39 Å². The predicted molar refractivity (Wildman–Crippen MR) is 74.6 cm³/mol. The molecule has 0 aliphatic rings. The Morgan fingerprint density at radius 3 is 2.76 bits per heavy atom. The van der Waals surface area contributed by atoms with Gasteiger partial charge in [0.2, 0.25) is 0 Å². The average Bonchev–Trinajstić information content (AvgIpc) is 2.24. The Morgan fingerprint density at radius 1 is 1.53 bits per heavy atom. The van der Waals surface area contributed by atoms with E-state index in [0.717, 1.165) is 29.4 Å². The Hall–Kier alpha value is -0.670. The molecule has 0 aliphatic carbocycles. The standard InChI is InChI=1S/C14H19BrFN/c1-4-8-17-13(9-10(2)3)14-11(15)6-5-7-12(14)16/h5-7,13,17H,2,4,8-9H2,1,3H3. The van der Waals surface area contributed by atoms with Gasteiger partial charge in [-0.3, -0.25) is 0 Å². The summed E-state index contributed by atoms with van der Waals surface area (Å²) in [6.45, 7) is 8.85. The molecule has 0 aromatic heterocycles. The Kier molecular flexibility index (Phi) is 5.86. The summed E-state index contributed by atoms with van der Waals surface area (Å²) >= 11 is 3.42. The molecule has 1 unspecified atom stereocenters. The zero-order chi connectivity index (χ0) is 12.8. The average molecular weight is 300 g/mol. The van der Waals surface area contributed by atoms with Gasteiger partial charge in [0.05, 0.1) is 0 Å². The fourth-order valence-electron chi connectivity index (χ4n) is 1.79. The highest BCUT2D eigenvalue weighted by atomic mass is 79.9. The second-order valence-corrected chi connectivity index (χ2v) is 5.16. The number of hydrogen-bond donors (Lipinski definition) is 1. The van der Waals surface area contributed by atoms with E-state index in [1.165, 1.54) is 6.07 Å². The van der Waals surface area contributed by atoms with Crippen molar-refractivity contribution < 1.29 is 4.39 Å². The quantitative estimate of drug-likeness (QED) is 0.757. The molecule has 0 aliphatic heterocycles. The van der Waals surface area contributed by atoms with Crippen LogP contribution in [0.25, 0.3) is 0 Å². The number of hydrogen-bond acceptors (Lipinski definition) is 1. The van der Waals surface area contributed by atoms with E-state index in [1.807, 2.05) is 13.0 Å². The Bertz CT molecular complexity index is 370. The molecular weight excluding hydrogens is 281 g/mol. The minimum atomic E-state index is -0.172. The molecule has 0 heterocycles. The van der Waals surface area contributed by atoms with Crippen molar-refractivity contribution in [3.63, 3.8) is 0 Å². The molecule has 0 saturated carbocycles. The molecule has 1 rings (SSSR count). The molecule has 94 valence electrons. The Balaban J connectivity index is 2.98. The molecule has 1 aromatic carbocycles. The van der Waals surface area contributed by atoms with Crippen LogP contribution in [-0.4, -0.2) is 6.54 Å². The zero-order valence-corrected chi connectivity index (χ0v) is 12.0. The lowest BCUT2D eigenvalue weighted by atomic mass is 9.99. The maximum Gasteiger partial charge on any atom is 0.129 e. The van der Waals surface area contributed by atoms with Crippen LogP contribution >= 0.6 is 15.9 Å². The third-order valence-electron chi connectivity index (χ3n) is 2.54. The van der Waals surface area contributed by atoms with Crippen molar-refractivity contribution in [3.8, 4) is 0 Å². The van der Waals surface area contributed by atoms with Crippen LogP contribution in [-0.2, 0) is 0 Å². The Morgan fingerprint density at radius 2 is 2.24 bits per heavy atom. The molecule has 0 amide bonds. The van der Waals surface area contributed by atoms with E-state index in [0.29, 0.717) is 5.56 Å². The maximum absolute atomic E-state index is 13.9. The second-order valence-electron chi connectivity index (χ2n) is 4.30. The van der Waals surface area contributed by atoms with Gasteiger partial charge in [0.1, 0.15) is 5.82 Å². The number of rotatable bonds is 6. The first-order valence-electron chi connectivity index (χ1n) is 5.88. The normalized spacial score (nSPS) is 12.5. The largest absolute Gasteiger partial charge is 0.310 e. The van der Waals surface area contributed by atoms with Crippen molar-refractivity contribution in [1.29, 1.82) is 0 Å². The summed E-state index contributed by atoms with van der Waals surface area (Å²) in [6.07, 6.45) is 1.78. The minimum Gasteiger partial charge on any atom is -0.310 e. The van der Waals surface area contributed by atoms with Gasteiger partial charge in [-0.2, -0.15) is 0 Å². The first-order chi connectivity index (χ1) is 8.06. The van der Waals surface area contributed by atoms with Crippen molar-refractivity contribution in [2.75, 3.05) is 6.54 Å². The van der Waals surface area contributed by atoms with E-state index in [-0.39, 0.29) is 11.9 Å². The zero-order valence-electron chi connectivity index (χ0n) is 10.4. The first kappa shape index (κ1) is 14.4. The van der Waals surface area contributed by atoms with Crippen LogP contribution in [0.3, 0.4) is 0 Å². The summed E-state index contributed by atoms with van der Waals surface area (Å²) in [5.41, 5.74) is 1.75. The molecule has 0 spiro atoms. The fraction of sp³-hybridized carbons (Fsp3) is 0.429. The molecule has 1 nitrogen and oxygen atoms in total. The van der Waals surface area contributed by atoms with Crippen molar-refractivity contribution in [2.24, 2.45) is 0 Å². The summed E-state index contributed by atoms with van der Waals surface area (Å²) in [7, 11) is 0. The fourth-order valence-corrected chi connectivity index (χ4v) is 2.41. The minimum absolute atomic E-state index is 0.0111. The van der Waals surface area contributed by atoms with Gasteiger partial charge in [-0.1, -0.05) is 34.5 Å². The number of halogens is 2. The smallest absolute Gasteiger partial charge is 0.129 e. The van der Waals surface area contributed by atoms with Crippen molar-refractivity contribution in [2.45, 2.75) is 32.7 Å². The lowest BCUT2D eigenvalue weighted by molar-refractivity contribution is 0.494. The third-order valence-corrected chi connectivity index (χ3v) is 3.23. The van der Waals surface area contributed by atoms with E-state index in [4.69, 9.17) is 0 Å². The lowest BCUT2D eigenvalue weighted by Gasteiger charge is -2.21. The summed E-state index contributed by atoms with van der Waals surface area (Å²) in [6, 6.07) is 5.07. The predicted octanol–water partition coefficient (Wildman–Crippen LogP) is 4.60. The maximum atomic E-state index is 13.9. The van der Waals surface area contributed by atoms with E-state index < -0.39 is 0 Å². The highest BCUT2D eigenvalue weighted by Gasteiger charge is 2.17. The van der Waals surface area contributed by atoms with E-state index in [1.54, 1.807) is 6.07 Å². The molecule has 0 fully saturated rings. The van der Waals surface area contributed by atoms with Crippen LogP contribution in [0.15, 0.2) is 34.8 Å². The van der Waals surface area contributed by atoms with Crippen LogP contribution in [0.4, 0.5) is 4.39 Å². The topological polar surface area (TPSA) is 12.0 Å². The molecule has 0 bridgehead atoms. The van der Waals surface area contributed by atoms with Gasteiger partial charge >= 0.3 is 0 Å². The SMILES string of the molecule is C=C(C)CC(NCCC)c1c(F)cccc1Br. The summed E-state index contributed by atoms with van der Waals surface area (Å²) in [5, 5.41) is 3.37. The molecule has 17 heavy (non-hydrogen) atoms. The molecular formula is C14H19BrFN. The van der Waals surface area contributed by atoms with Crippen molar-refractivity contribution >= 4 is 15.9 Å². The van der Waals surface area contributed by atoms with Gasteiger partial charge in [-0.15, -0.1) is 6.58 Å². The summed E-state index contributed by atoms with van der Waals surface area (Å²) in [5.74, 6) is -0.172. The molecule has 0 radical (unpaired) electrons. The van der Waals surface area contributed by atoms with Gasteiger partial charge in [0.25, 0.3) is 0 Å². The third kappa shape index (κ3) is 4.25. The van der Waals surface area contributed by atoms with E-state index in [2.05, 4.69) is 34.7 Å². The van der Waals surface area contributed by atoms with E-state index >= 15 is 0 Å². The number of benzene rings is 1. The summed E-state index contributed by atoms with van der Waals surface area (Å²) in [4.78, 5) is 0. The van der Waals surface area contributed by atoms with Crippen LogP contribution in [0, 0.1) is 5.82 Å². The highest BCUT2D eigenvalue weighted by Crippen LogP contribution is 2.29. The molecule has 1 N–H and O–H groups in total. The Labute approximate surface area is 111 Å². The van der Waals surface area contributed by atoms with Crippen LogP contribution in [0.1, 0.15) is 38.3 Å². The molecule has 0 saturated heterocycles. The van der Waals surface area contributed by atoms with Gasteiger partial charge in [0, 0.05) is 16.1 Å². The van der Waals surface area contributed by atoms with Crippen LogP contribution in [0.5, 0.6) is 0 Å². The highest BCUT2D eigenvalue weighted by molar-refractivity contribution is 9.10. The van der Waals surface area contributed by atoms with Gasteiger partial charge < -0.3 is 5.32 Å². The van der Waals surface area contributed by atoms with Gasteiger partial charge in [-0.05, 0) is 38.4 Å². The van der Waals surface area contributed by atoms with Crippen LogP contribution in [0.2, 0.25) is 0 Å². The van der Waals surface area contributed by atoms with Gasteiger partial charge in [-0.25, -0.2) is 4.39 Å².